The number of aliphatic hydroxyl groups excluding tert-OH is 4. The number of carbonyl (C=O) groups excluding carboxylic acids is 7. The second kappa shape index (κ2) is 21.8. The van der Waals surface area contributed by atoms with Crippen LogP contribution in [0.5, 0.6) is 5.75 Å². The number of hydrogen-bond donors (Lipinski definition) is 13. The molecule has 308 valence electrons. The fourth-order valence-electron chi connectivity index (χ4n) is 5.55. The minimum Gasteiger partial charge on any atom is -0.508 e. The first kappa shape index (κ1) is 46.2. The number of ether oxygens (including phenoxy) is 1. The first-order chi connectivity index (χ1) is 25.8. The van der Waals surface area contributed by atoms with Crippen LogP contribution in [0.3, 0.4) is 0 Å². The quantitative estimate of drug-likeness (QED) is 0.0586. The molecule has 0 radical (unpaired) electrons. The maximum Gasteiger partial charge on any atom is 0.243 e. The molecule has 1 aromatic carbocycles. The number of amides is 7. The van der Waals surface area contributed by atoms with Gasteiger partial charge in [-0.05, 0) is 37.0 Å². The summed E-state index contributed by atoms with van der Waals surface area (Å²) in [6.45, 7) is 3.83. The second-order valence-corrected chi connectivity index (χ2v) is 13.4. The smallest absolute Gasteiger partial charge is 0.243 e. The number of nitrogens with one attached hydrogen (secondary N) is 6. The third-order valence-electron chi connectivity index (χ3n) is 9.04. The van der Waals surface area contributed by atoms with E-state index in [4.69, 9.17) is 16.2 Å². The van der Waals surface area contributed by atoms with E-state index in [9.17, 15) is 59.1 Å². The fourth-order valence-corrected chi connectivity index (χ4v) is 5.55. The van der Waals surface area contributed by atoms with E-state index in [2.05, 4.69) is 31.9 Å². The summed E-state index contributed by atoms with van der Waals surface area (Å²) in [5.74, 6) is -6.61. The maximum atomic E-state index is 13.8. The average Bonchev–Trinajstić information content (AvgIpc) is 3.13. The molecule has 0 aromatic heterocycles. The summed E-state index contributed by atoms with van der Waals surface area (Å²) in [4.78, 5) is 89.8. The van der Waals surface area contributed by atoms with Gasteiger partial charge in [0.05, 0.1) is 37.8 Å². The molecule has 11 atom stereocenters. The van der Waals surface area contributed by atoms with E-state index in [1.807, 2.05) is 0 Å². The SMILES string of the molecule is CC[C@H](C)[C@H](NC(=O)[C@@H](N)Cc1ccc(O)cc1)C(=O)N[C@@H](CC(=O)NC[C@@H]1O[C@H](CO)[C@@H](O)[C@H](O)[C@H]1NC(C)=O)C(=O)N[C@@H](C)C(=O)N[C@@H](CO)C(N)=O. The van der Waals surface area contributed by atoms with Gasteiger partial charge in [-0.25, -0.2) is 0 Å². The molecule has 1 saturated heterocycles. The lowest BCUT2D eigenvalue weighted by Gasteiger charge is -2.42. The van der Waals surface area contributed by atoms with Gasteiger partial charge in [0.25, 0.3) is 0 Å². The molecule has 1 heterocycles. The zero-order valence-electron chi connectivity index (χ0n) is 31.1. The van der Waals surface area contributed by atoms with Crippen LogP contribution in [-0.2, 0) is 44.7 Å². The minimum atomic E-state index is -1.70. The Hall–Kier alpha value is -4.93. The van der Waals surface area contributed by atoms with E-state index in [1.54, 1.807) is 26.0 Å². The zero-order chi connectivity index (χ0) is 41.6. The van der Waals surface area contributed by atoms with Crippen LogP contribution < -0.4 is 43.4 Å². The van der Waals surface area contributed by atoms with Gasteiger partial charge in [-0.1, -0.05) is 32.4 Å². The third kappa shape index (κ3) is 14.0. The molecule has 21 nitrogen and oxygen atoms in total. The number of primary amides is 1. The Labute approximate surface area is 317 Å². The van der Waals surface area contributed by atoms with Gasteiger partial charge < -0.3 is 73.6 Å². The molecule has 0 unspecified atom stereocenters. The van der Waals surface area contributed by atoms with Crippen molar-refractivity contribution in [3.05, 3.63) is 29.8 Å². The van der Waals surface area contributed by atoms with Gasteiger partial charge in [-0.15, -0.1) is 0 Å². The van der Waals surface area contributed by atoms with Crippen molar-refractivity contribution in [2.75, 3.05) is 19.8 Å². The molecule has 0 saturated carbocycles. The van der Waals surface area contributed by atoms with Gasteiger partial charge in [-0.2, -0.15) is 0 Å². The van der Waals surface area contributed by atoms with Crippen LogP contribution in [0.4, 0.5) is 0 Å². The summed E-state index contributed by atoms with van der Waals surface area (Å²) in [5, 5.41) is 63.8. The summed E-state index contributed by atoms with van der Waals surface area (Å²) in [5.41, 5.74) is 11.9. The summed E-state index contributed by atoms with van der Waals surface area (Å²) in [6, 6.07) is -2.16. The van der Waals surface area contributed by atoms with Crippen molar-refractivity contribution in [3.8, 4) is 5.75 Å². The van der Waals surface area contributed by atoms with Crippen LogP contribution in [0.1, 0.15) is 46.1 Å². The number of phenols is 1. The van der Waals surface area contributed by atoms with Crippen molar-refractivity contribution in [2.45, 2.75) is 108 Å². The van der Waals surface area contributed by atoms with Crippen LogP contribution in [0, 0.1) is 5.92 Å². The van der Waals surface area contributed by atoms with Gasteiger partial charge in [0.1, 0.15) is 48.2 Å². The van der Waals surface area contributed by atoms with E-state index in [0.717, 1.165) is 6.92 Å². The molecule has 0 aliphatic carbocycles. The lowest BCUT2D eigenvalue weighted by Crippen LogP contribution is -2.66. The Bertz CT molecular complexity index is 1500. The van der Waals surface area contributed by atoms with Gasteiger partial charge in [0.15, 0.2) is 0 Å². The topological polar surface area (TPSA) is 354 Å². The predicted octanol–water partition coefficient (Wildman–Crippen LogP) is -5.76. The molecule has 0 bridgehead atoms. The zero-order valence-corrected chi connectivity index (χ0v) is 31.1. The lowest BCUT2D eigenvalue weighted by molar-refractivity contribution is -0.194. The Morgan fingerprint density at radius 2 is 1.45 bits per heavy atom. The highest BCUT2D eigenvalue weighted by Gasteiger charge is 2.45. The number of phenolic OH excluding ortho intramolecular Hbond substituents is 1. The normalized spacial score (nSPS) is 22.7. The third-order valence-corrected chi connectivity index (χ3v) is 9.04. The van der Waals surface area contributed by atoms with Crippen molar-refractivity contribution in [3.63, 3.8) is 0 Å². The summed E-state index contributed by atoms with van der Waals surface area (Å²) >= 11 is 0. The van der Waals surface area contributed by atoms with E-state index >= 15 is 0 Å². The predicted molar refractivity (Wildman–Crippen MR) is 192 cm³/mol. The molecular weight excluding hydrogens is 728 g/mol. The summed E-state index contributed by atoms with van der Waals surface area (Å²) < 4.78 is 5.61. The average molecular weight is 783 g/mol. The van der Waals surface area contributed by atoms with Gasteiger partial charge >= 0.3 is 0 Å². The highest BCUT2D eigenvalue weighted by Crippen LogP contribution is 2.21. The summed E-state index contributed by atoms with van der Waals surface area (Å²) in [6.07, 6.45) is -5.94. The molecule has 0 spiro atoms. The number of carbonyl (C=O) groups is 7. The number of hydrogen-bond acceptors (Lipinski definition) is 14. The molecule has 1 aliphatic heterocycles. The Morgan fingerprint density at radius 1 is 0.836 bits per heavy atom. The monoisotopic (exact) mass is 782 g/mol. The first-order valence-corrected chi connectivity index (χ1v) is 17.6. The van der Waals surface area contributed by atoms with Crippen molar-refractivity contribution >= 4 is 41.4 Å². The first-order valence-electron chi connectivity index (χ1n) is 17.6. The highest BCUT2D eigenvalue weighted by atomic mass is 16.5. The lowest BCUT2D eigenvalue weighted by atomic mass is 9.92. The van der Waals surface area contributed by atoms with Gasteiger partial charge in [0.2, 0.25) is 41.4 Å². The Balaban J connectivity index is 2.30. The van der Waals surface area contributed by atoms with Crippen molar-refractivity contribution in [1.29, 1.82) is 0 Å². The molecule has 1 aromatic rings. The standard InChI is InChI=1S/C34H54N8O13/c1-5-15(2)26(42-32(52)20(35)10-18-6-8-19(46)9-7-18)34(54)40-21(33(53)38-16(3)31(51)41-22(13-43)30(36)50)11-25(47)37-12-23-27(39-17(4)45)29(49)28(48)24(14-44)55-23/h6-9,15-16,20-24,26-29,43-44,46,48-49H,5,10-14,35H2,1-4H3,(H2,36,50)(H,37,47)(H,38,53)(H,39,45)(H,40,54)(H,41,51)(H,42,52)/t15-,16-,20-,21-,22-,23-,24+,26-,27-,28+,29+/m0/s1. The van der Waals surface area contributed by atoms with Crippen LogP contribution in [0.2, 0.25) is 0 Å². The van der Waals surface area contributed by atoms with E-state index < -0.39 is 134 Å². The van der Waals surface area contributed by atoms with Gasteiger partial charge in [-0.3, -0.25) is 33.6 Å². The maximum absolute atomic E-state index is 13.8. The van der Waals surface area contributed by atoms with Crippen molar-refractivity contribution < 1.29 is 63.8 Å². The van der Waals surface area contributed by atoms with Gasteiger partial charge in [0, 0.05) is 13.5 Å². The molecule has 1 aliphatic rings. The van der Waals surface area contributed by atoms with Crippen molar-refractivity contribution in [2.24, 2.45) is 17.4 Å². The molecule has 1 fully saturated rings. The number of aliphatic hydroxyl groups is 4. The number of aromatic hydroxyl groups is 1. The largest absolute Gasteiger partial charge is 0.508 e. The molecule has 2 rings (SSSR count). The Kier molecular flexibility index (Phi) is 18.3. The van der Waals surface area contributed by atoms with Crippen LogP contribution in [0.15, 0.2) is 24.3 Å². The second-order valence-electron chi connectivity index (χ2n) is 13.4. The number of rotatable bonds is 20. The fraction of sp³-hybridized carbons (Fsp3) is 0.618. The molecule has 21 heteroatoms. The molecule has 7 amide bonds. The van der Waals surface area contributed by atoms with Crippen LogP contribution in [0.25, 0.3) is 0 Å². The van der Waals surface area contributed by atoms with E-state index in [1.165, 1.54) is 19.1 Å². The molecule has 55 heavy (non-hydrogen) atoms. The highest BCUT2D eigenvalue weighted by molar-refractivity contribution is 5.97. The van der Waals surface area contributed by atoms with E-state index in [-0.39, 0.29) is 12.2 Å². The van der Waals surface area contributed by atoms with E-state index in [0.29, 0.717) is 12.0 Å². The van der Waals surface area contributed by atoms with Crippen LogP contribution >= 0.6 is 0 Å². The minimum absolute atomic E-state index is 0.0167. The van der Waals surface area contributed by atoms with Crippen molar-refractivity contribution in [1.82, 2.24) is 31.9 Å². The number of nitrogens with two attached hydrogens (primary N) is 2. The summed E-state index contributed by atoms with van der Waals surface area (Å²) in [7, 11) is 0. The number of benzene rings is 1. The van der Waals surface area contributed by atoms with Crippen LogP contribution in [-0.4, -0.2) is 147 Å². The molecular formula is C34H54N8O13. The molecule has 15 N–H and O–H groups in total. The Morgan fingerprint density at radius 3 is 2.00 bits per heavy atom.